The molecular weight excluding hydrogens is 721 g/mol. The number of carbonyl (C=O) groups excluding carboxylic acids is 2. The summed E-state index contributed by atoms with van der Waals surface area (Å²) in [5.41, 5.74) is -1.48. The Balaban J connectivity index is 1.07. The lowest BCUT2D eigenvalue weighted by molar-refractivity contribution is -0.205. The van der Waals surface area contributed by atoms with Gasteiger partial charge in [-0.2, -0.15) is 0 Å². The van der Waals surface area contributed by atoms with Crippen molar-refractivity contribution >= 4 is 34.1 Å². The van der Waals surface area contributed by atoms with Crippen LogP contribution in [-0.2, 0) is 14.3 Å². The molecule has 13 heteroatoms. The maximum Gasteiger partial charge on any atom is 0.341 e. The van der Waals surface area contributed by atoms with Crippen LogP contribution in [0.3, 0.4) is 0 Å². The molecule has 1 aliphatic heterocycles. The standard InChI is InChI=1S/C43H54FN3O9/c1-22-19-45(37-35(44)23(2)32-36(39(37)55-6)47(26-8-9-26)24(3)33(38(32)52)40(53)54)15-16-46(22)21-56-43(31(51)20-48)14-12-29-28-10-7-25-17-27(49)11-13-41(25,4)34(28)30(50)18-42(29,43)5/h11,13,17,22,26,28-30,34,48,50H,7-10,12,14-16,18-21H2,1-6H3,(H,53,54)/t22?,28-,29-,30?,34?,41-,42-,43-/m0/s1. The Morgan fingerprint density at radius 1 is 1.09 bits per heavy atom. The topological polar surface area (TPSA) is 159 Å². The molecule has 8 atom stereocenters. The number of aryl methyl sites for hydroxylation is 1. The zero-order valence-corrected chi connectivity index (χ0v) is 33.2. The maximum absolute atomic E-state index is 16.6. The van der Waals surface area contributed by atoms with Crippen molar-refractivity contribution in [1.82, 2.24) is 9.47 Å². The van der Waals surface area contributed by atoms with Crippen molar-refractivity contribution in [2.45, 2.75) is 103 Å². The highest BCUT2D eigenvalue weighted by Crippen LogP contribution is 2.68. The van der Waals surface area contributed by atoms with E-state index in [2.05, 4.69) is 11.8 Å². The number of ketones is 2. The van der Waals surface area contributed by atoms with Crippen LogP contribution in [0.15, 0.2) is 28.6 Å². The first kappa shape index (κ1) is 38.9. The molecule has 3 N–H and O–H groups in total. The van der Waals surface area contributed by atoms with Gasteiger partial charge in [0.15, 0.2) is 23.1 Å². The number of rotatable bonds is 9. The van der Waals surface area contributed by atoms with E-state index < -0.39 is 46.4 Å². The smallest absolute Gasteiger partial charge is 0.341 e. The number of benzene rings is 1. The quantitative estimate of drug-likeness (QED) is 0.320. The van der Waals surface area contributed by atoms with Crippen molar-refractivity contribution in [2.24, 2.45) is 28.6 Å². The van der Waals surface area contributed by atoms with E-state index in [1.165, 1.54) is 14.0 Å². The Morgan fingerprint density at radius 2 is 1.82 bits per heavy atom. The molecule has 5 fully saturated rings. The van der Waals surface area contributed by atoms with Gasteiger partial charge in [0.1, 0.15) is 30.2 Å². The first-order valence-electron chi connectivity index (χ1n) is 20.1. The number of aromatic carboxylic acids is 1. The Morgan fingerprint density at radius 3 is 2.46 bits per heavy atom. The molecule has 56 heavy (non-hydrogen) atoms. The Hall–Kier alpha value is -3.91. The summed E-state index contributed by atoms with van der Waals surface area (Å²) < 4.78 is 31.2. The lowest BCUT2D eigenvalue weighted by Gasteiger charge is -2.60. The Bertz CT molecular complexity index is 2160. The molecule has 1 aromatic carbocycles. The number of Topliss-reactive ketones (excluding diaryl/α,β-unsaturated/α-hetero) is 1. The van der Waals surface area contributed by atoms with Gasteiger partial charge in [-0.3, -0.25) is 19.3 Å². The number of methoxy groups -OCH3 is 1. The molecule has 0 amide bonds. The number of halogens is 1. The summed E-state index contributed by atoms with van der Waals surface area (Å²) in [6.45, 7) is 9.91. The van der Waals surface area contributed by atoms with E-state index in [4.69, 9.17) is 9.47 Å². The number of ether oxygens (including phenoxy) is 2. The molecule has 6 aliphatic rings. The van der Waals surface area contributed by atoms with Gasteiger partial charge in [-0.15, -0.1) is 0 Å². The number of hydrogen-bond acceptors (Lipinski definition) is 10. The fourth-order valence-corrected chi connectivity index (χ4v) is 12.2. The minimum absolute atomic E-state index is 0.0176. The fourth-order valence-electron chi connectivity index (χ4n) is 12.2. The molecule has 1 saturated heterocycles. The summed E-state index contributed by atoms with van der Waals surface area (Å²) in [6, 6.07) is -0.203. The SMILES string of the molecule is COc1c(N2CCN(CO[C@]3(C(=O)CO)CC[C@H]4[C@@H]5CCC6=CC(=O)C=C[C@]6(C)C5C(O)C[C@@]43C)C(C)C2)c(F)c(C)c2c(=O)c(C(=O)O)c(C)n(C3CC3)c12. The summed E-state index contributed by atoms with van der Waals surface area (Å²) in [7, 11) is 1.44. The van der Waals surface area contributed by atoms with Crippen LogP contribution in [0.4, 0.5) is 10.1 Å². The van der Waals surface area contributed by atoms with Crippen molar-refractivity contribution in [3.63, 3.8) is 0 Å². The number of aromatic nitrogens is 1. The number of fused-ring (bicyclic) bond motifs is 6. The van der Waals surface area contributed by atoms with Crippen molar-refractivity contribution < 1.29 is 43.6 Å². The minimum Gasteiger partial charge on any atom is -0.492 e. The number of piperazine rings is 1. The van der Waals surface area contributed by atoms with E-state index in [9.17, 15) is 34.5 Å². The normalized spacial score (nSPS) is 34.2. The lowest BCUT2D eigenvalue weighted by atomic mass is 9.46. The molecular formula is C43H54FN3O9. The van der Waals surface area contributed by atoms with Crippen LogP contribution in [0.1, 0.15) is 93.4 Å². The molecule has 8 rings (SSSR count). The number of aliphatic hydroxyl groups is 2. The highest BCUT2D eigenvalue weighted by Gasteiger charge is 2.69. The van der Waals surface area contributed by atoms with Crippen LogP contribution in [-0.4, -0.2) is 100 Å². The average Bonchev–Trinajstić information content (AvgIpc) is 3.94. The van der Waals surface area contributed by atoms with E-state index in [0.29, 0.717) is 43.7 Å². The number of nitrogens with zero attached hydrogens (tertiary/aromatic N) is 3. The van der Waals surface area contributed by atoms with E-state index >= 15 is 4.39 Å². The number of pyridine rings is 1. The lowest BCUT2D eigenvalue weighted by Crippen LogP contribution is -2.63. The molecule has 302 valence electrons. The Labute approximate surface area is 325 Å². The molecule has 2 heterocycles. The second-order valence-corrected chi connectivity index (χ2v) is 17.8. The van der Waals surface area contributed by atoms with Gasteiger partial charge < -0.3 is 34.3 Å². The van der Waals surface area contributed by atoms with Crippen LogP contribution in [0.5, 0.6) is 5.75 Å². The first-order chi connectivity index (χ1) is 26.5. The zero-order valence-electron chi connectivity index (χ0n) is 33.2. The fraction of sp³-hybridized carbons (Fsp3) is 0.628. The van der Waals surface area contributed by atoms with Crippen LogP contribution >= 0.6 is 0 Å². The minimum atomic E-state index is -1.35. The van der Waals surface area contributed by atoms with Crippen molar-refractivity contribution in [1.29, 1.82) is 0 Å². The van der Waals surface area contributed by atoms with Gasteiger partial charge in [0, 0.05) is 59.7 Å². The second kappa shape index (κ2) is 13.6. The molecule has 3 unspecified atom stereocenters. The van der Waals surface area contributed by atoms with Gasteiger partial charge in [-0.1, -0.05) is 25.5 Å². The van der Waals surface area contributed by atoms with Gasteiger partial charge >= 0.3 is 5.97 Å². The third-order valence-electron chi connectivity index (χ3n) is 15.1. The molecule has 0 bridgehead atoms. The molecule has 4 saturated carbocycles. The van der Waals surface area contributed by atoms with Crippen LogP contribution < -0.4 is 15.1 Å². The summed E-state index contributed by atoms with van der Waals surface area (Å²) in [4.78, 5) is 56.1. The zero-order chi connectivity index (χ0) is 40.2. The summed E-state index contributed by atoms with van der Waals surface area (Å²) in [6.07, 6.45) is 9.21. The second-order valence-electron chi connectivity index (χ2n) is 17.8. The molecule has 2 aromatic rings. The Kier molecular flexibility index (Phi) is 9.46. The number of allylic oxidation sites excluding steroid dienone is 4. The number of carbonyl (C=O) groups is 3. The van der Waals surface area contributed by atoms with Crippen LogP contribution in [0.2, 0.25) is 0 Å². The number of hydrogen-bond donors (Lipinski definition) is 3. The molecule has 0 spiro atoms. The molecule has 0 radical (unpaired) electrons. The largest absolute Gasteiger partial charge is 0.492 e. The number of anilines is 1. The first-order valence-corrected chi connectivity index (χ1v) is 20.1. The van der Waals surface area contributed by atoms with Crippen LogP contribution in [0, 0.1) is 48.2 Å². The van der Waals surface area contributed by atoms with Crippen molar-refractivity contribution in [3.8, 4) is 5.75 Å². The summed E-state index contributed by atoms with van der Waals surface area (Å²) >= 11 is 0. The predicted molar refractivity (Wildman–Crippen MR) is 207 cm³/mol. The predicted octanol–water partition coefficient (Wildman–Crippen LogP) is 4.86. The van der Waals surface area contributed by atoms with Crippen LogP contribution in [0.25, 0.3) is 10.9 Å². The van der Waals surface area contributed by atoms with Gasteiger partial charge in [0.2, 0.25) is 5.43 Å². The highest BCUT2D eigenvalue weighted by molar-refractivity contribution is 6.01. The highest BCUT2D eigenvalue weighted by atomic mass is 19.1. The molecule has 12 nitrogen and oxygen atoms in total. The summed E-state index contributed by atoms with van der Waals surface area (Å²) in [5.74, 6) is -2.11. The third kappa shape index (κ3) is 5.43. The van der Waals surface area contributed by atoms with Crippen molar-refractivity contribution in [2.75, 3.05) is 45.0 Å². The number of aliphatic hydroxyl groups excluding tert-OH is 2. The number of carboxylic acids is 1. The van der Waals surface area contributed by atoms with E-state index in [1.807, 2.05) is 29.4 Å². The van der Waals surface area contributed by atoms with E-state index in [1.54, 1.807) is 19.1 Å². The number of carboxylic acid groups (broad SMARTS) is 1. The van der Waals surface area contributed by atoms with E-state index in [0.717, 1.165) is 37.7 Å². The van der Waals surface area contributed by atoms with Gasteiger partial charge in [0.05, 0.1) is 24.1 Å². The van der Waals surface area contributed by atoms with Gasteiger partial charge in [-0.25, -0.2) is 9.18 Å². The van der Waals surface area contributed by atoms with E-state index in [-0.39, 0.29) is 76.1 Å². The van der Waals surface area contributed by atoms with Crippen molar-refractivity contribution in [3.05, 3.63) is 56.7 Å². The summed E-state index contributed by atoms with van der Waals surface area (Å²) in [5, 5.41) is 32.3. The average molecular weight is 776 g/mol. The maximum atomic E-state index is 16.6. The molecule has 1 aromatic heterocycles. The monoisotopic (exact) mass is 775 g/mol. The van der Waals surface area contributed by atoms with Gasteiger partial charge in [-0.05, 0) is 89.7 Å². The third-order valence-corrected chi connectivity index (χ3v) is 15.1. The molecule has 5 aliphatic carbocycles. The van der Waals surface area contributed by atoms with Gasteiger partial charge in [0.25, 0.3) is 0 Å².